The molecule has 1 aliphatic heterocycles. The van der Waals surface area contributed by atoms with Crippen molar-refractivity contribution in [1.29, 1.82) is 0 Å². The lowest BCUT2D eigenvalue weighted by molar-refractivity contribution is -0.132. The van der Waals surface area contributed by atoms with Crippen molar-refractivity contribution >= 4 is 68.9 Å². The molecule has 2 heterocycles. The molecule has 45 heavy (non-hydrogen) atoms. The summed E-state index contributed by atoms with van der Waals surface area (Å²) in [4.78, 5) is 28.6. The van der Waals surface area contributed by atoms with Gasteiger partial charge < -0.3 is 14.6 Å². The molecule has 0 radical (unpaired) electrons. The average molecular weight is 685 g/mol. The lowest BCUT2D eigenvalue weighted by Crippen LogP contribution is -2.29. The van der Waals surface area contributed by atoms with E-state index < -0.39 is 17.7 Å². The first-order valence-electron chi connectivity index (χ1n) is 14.2. The zero-order valence-electron chi connectivity index (χ0n) is 25.0. The van der Waals surface area contributed by atoms with Gasteiger partial charge in [0.25, 0.3) is 5.78 Å². The molecule has 234 valence electrons. The van der Waals surface area contributed by atoms with E-state index in [1.807, 2.05) is 25.1 Å². The molecule has 1 saturated heterocycles. The van der Waals surface area contributed by atoms with Crippen LogP contribution in [0.3, 0.4) is 0 Å². The lowest BCUT2D eigenvalue weighted by Gasteiger charge is -2.23. The van der Waals surface area contributed by atoms with Gasteiger partial charge in [0, 0.05) is 21.4 Å². The minimum Gasteiger partial charge on any atom is -0.507 e. The minimum absolute atomic E-state index is 0.0586. The number of anilines is 1. The summed E-state index contributed by atoms with van der Waals surface area (Å²) in [5, 5.41) is 21.3. The third kappa shape index (κ3) is 7.30. The van der Waals surface area contributed by atoms with E-state index in [1.54, 1.807) is 42.5 Å². The van der Waals surface area contributed by atoms with Crippen LogP contribution in [-0.4, -0.2) is 40.7 Å². The topological polar surface area (TPSA) is 102 Å². The van der Waals surface area contributed by atoms with Gasteiger partial charge in [0.05, 0.1) is 25.3 Å². The van der Waals surface area contributed by atoms with Crippen molar-refractivity contribution in [1.82, 2.24) is 10.2 Å². The summed E-state index contributed by atoms with van der Waals surface area (Å²) in [6, 6.07) is 16.6. The first-order chi connectivity index (χ1) is 21.6. The number of Topliss-reactive ketones (excluding diaryl/α,β-unsaturated/α-hetero) is 1. The number of hydrogen-bond donors (Lipinski definition) is 1. The maximum atomic E-state index is 13.7. The van der Waals surface area contributed by atoms with Crippen molar-refractivity contribution in [2.45, 2.75) is 43.3 Å². The Morgan fingerprint density at radius 3 is 2.49 bits per heavy atom. The summed E-state index contributed by atoms with van der Waals surface area (Å²) in [5.74, 6) is 0.00216. The molecule has 1 unspecified atom stereocenters. The molecule has 1 N–H and O–H groups in total. The van der Waals surface area contributed by atoms with Crippen LogP contribution in [0.4, 0.5) is 5.13 Å². The number of aromatic nitrogens is 2. The molecule has 4 aromatic rings. The molecule has 8 nitrogen and oxygen atoms in total. The summed E-state index contributed by atoms with van der Waals surface area (Å²) in [5.41, 5.74) is 2.74. The fourth-order valence-corrected chi connectivity index (χ4v) is 7.15. The number of ketones is 1. The van der Waals surface area contributed by atoms with Gasteiger partial charge in [-0.15, -0.1) is 10.2 Å². The molecule has 0 spiro atoms. The Bertz CT molecular complexity index is 1760. The van der Waals surface area contributed by atoms with Crippen molar-refractivity contribution in [2.24, 2.45) is 5.92 Å². The Hall–Kier alpha value is -3.57. The van der Waals surface area contributed by atoms with E-state index in [1.165, 1.54) is 35.1 Å². The normalized spacial score (nSPS) is 16.1. The van der Waals surface area contributed by atoms with E-state index in [-0.39, 0.29) is 16.5 Å². The third-order valence-electron chi connectivity index (χ3n) is 7.19. The fourth-order valence-electron chi connectivity index (χ4n) is 4.73. The molecule has 1 amide bonds. The summed E-state index contributed by atoms with van der Waals surface area (Å²) in [6.45, 7) is 6.66. The van der Waals surface area contributed by atoms with Crippen LogP contribution >= 0.6 is 46.3 Å². The van der Waals surface area contributed by atoms with Gasteiger partial charge in [0.2, 0.25) is 5.13 Å². The quantitative estimate of drug-likeness (QED) is 0.0552. The number of amides is 1. The molecular weight excluding hydrogens is 653 g/mol. The fraction of sp³-hybridized carbons (Fsp3) is 0.273. The van der Waals surface area contributed by atoms with Gasteiger partial charge in [-0.05, 0) is 54.7 Å². The van der Waals surface area contributed by atoms with Gasteiger partial charge in [-0.1, -0.05) is 102 Å². The highest BCUT2D eigenvalue weighted by molar-refractivity contribution is 8.00. The van der Waals surface area contributed by atoms with Gasteiger partial charge in [0.15, 0.2) is 15.8 Å². The Balaban J connectivity index is 1.54. The van der Waals surface area contributed by atoms with Gasteiger partial charge in [-0.2, -0.15) is 0 Å². The maximum Gasteiger partial charge on any atom is 0.301 e. The summed E-state index contributed by atoms with van der Waals surface area (Å²) in [7, 11) is 1.53. The van der Waals surface area contributed by atoms with Crippen molar-refractivity contribution in [3.8, 4) is 11.5 Å². The lowest BCUT2D eigenvalue weighted by atomic mass is 9.95. The summed E-state index contributed by atoms with van der Waals surface area (Å²) >= 11 is 14.9. The molecule has 1 aliphatic rings. The maximum absolute atomic E-state index is 13.7. The van der Waals surface area contributed by atoms with Crippen LogP contribution in [0.1, 0.15) is 48.6 Å². The number of aryl methyl sites for hydroxylation is 1. The number of thioether (sulfide) groups is 1. The van der Waals surface area contributed by atoms with E-state index in [4.69, 9.17) is 32.7 Å². The van der Waals surface area contributed by atoms with Gasteiger partial charge in [0.1, 0.15) is 5.76 Å². The molecule has 5 rings (SSSR count). The van der Waals surface area contributed by atoms with Crippen LogP contribution in [0.5, 0.6) is 11.5 Å². The second-order valence-corrected chi connectivity index (χ2v) is 13.9. The van der Waals surface area contributed by atoms with E-state index in [9.17, 15) is 14.7 Å². The molecule has 1 fully saturated rings. The predicted octanol–water partition coefficient (Wildman–Crippen LogP) is 8.51. The zero-order valence-corrected chi connectivity index (χ0v) is 28.2. The minimum atomic E-state index is -0.999. The monoisotopic (exact) mass is 683 g/mol. The highest BCUT2D eigenvalue weighted by atomic mass is 35.5. The molecule has 0 saturated carbocycles. The number of carbonyl (C=O) groups is 2. The number of nitrogens with zero attached hydrogens (tertiary/aromatic N) is 3. The van der Waals surface area contributed by atoms with Crippen molar-refractivity contribution in [2.75, 3.05) is 18.6 Å². The van der Waals surface area contributed by atoms with E-state index in [0.29, 0.717) is 55.3 Å². The van der Waals surface area contributed by atoms with Crippen molar-refractivity contribution in [3.63, 3.8) is 0 Å². The smallest absolute Gasteiger partial charge is 0.301 e. The highest BCUT2D eigenvalue weighted by Crippen LogP contribution is 2.46. The zero-order chi connectivity index (χ0) is 32.2. The van der Waals surface area contributed by atoms with Crippen LogP contribution in [0.25, 0.3) is 5.76 Å². The highest BCUT2D eigenvalue weighted by Gasteiger charge is 2.48. The van der Waals surface area contributed by atoms with Gasteiger partial charge in [-0.3, -0.25) is 14.5 Å². The Labute approximate surface area is 280 Å². The third-order valence-corrected chi connectivity index (χ3v) is 9.89. The van der Waals surface area contributed by atoms with Crippen molar-refractivity contribution < 1.29 is 24.2 Å². The molecular formula is C33H31Cl2N3O5S2. The number of methoxy groups -OCH3 is 1. The summed E-state index contributed by atoms with van der Waals surface area (Å²) < 4.78 is 12.2. The second-order valence-electron chi connectivity index (χ2n) is 10.9. The second kappa shape index (κ2) is 14.2. The van der Waals surface area contributed by atoms with E-state index >= 15 is 0 Å². The number of hydrogen-bond acceptors (Lipinski definition) is 9. The number of aliphatic hydroxyl groups excluding tert-OH is 1. The Kier molecular flexibility index (Phi) is 10.4. The number of benzene rings is 3. The summed E-state index contributed by atoms with van der Waals surface area (Å²) in [6.07, 6.45) is 0.864. The largest absolute Gasteiger partial charge is 0.507 e. The molecule has 1 atom stereocenters. The van der Waals surface area contributed by atoms with Crippen molar-refractivity contribution in [3.05, 3.63) is 98.5 Å². The van der Waals surface area contributed by atoms with Crippen LogP contribution in [0.2, 0.25) is 10.0 Å². The molecule has 0 aliphatic carbocycles. The number of rotatable bonds is 11. The molecule has 1 aromatic heterocycles. The Morgan fingerprint density at radius 1 is 1.04 bits per heavy atom. The van der Waals surface area contributed by atoms with Crippen LogP contribution in [0, 0.1) is 12.8 Å². The van der Waals surface area contributed by atoms with Crippen LogP contribution in [0.15, 0.2) is 70.6 Å². The predicted molar refractivity (Wildman–Crippen MR) is 180 cm³/mol. The molecule has 3 aromatic carbocycles. The number of carbonyl (C=O) groups excluding carboxylic acids is 2. The average Bonchev–Trinajstić information content (AvgIpc) is 3.58. The number of ether oxygens (including phenoxy) is 2. The van der Waals surface area contributed by atoms with Gasteiger partial charge >= 0.3 is 5.91 Å². The molecule has 12 heteroatoms. The number of halogens is 2. The first-order valence-corrected chi connectivity index (χ1v) is 16.7. The SMILES string of the molecule is COc1cc(C2/C(=C(/O)c3ccc(C)cc3)C(=O)C(=O)N2c2nnc(SCc3ccc(Cl)cc3Cl)s2)ccc1OCCC(C)C. The van der Waals surface area contributed by atoms with E-state index in [0.717, 1.165) is 17.5 Å². The molecule has 0 bridgehead atoms. The van der Waals surface area contributed by atoms with Crippen LogP contribution < -0.4 is 14.4 Å². The first kappa shape index (κ1) is 32.8. The standard InChI is InChI=1S/C33H31Cl2N3O5S2/c1-18(2)13-14-43-25-12-10-21(15-26(25)42-4)28-27(29(39)20-7-5-19(3)6-8-20)30(40)31(41)38(28)32-36-37-33(45-32)44-17-22-9-11-23(34)16-24(22)35/h5-12,15-16,18,28,39H,13-14,17H2,1-4H3/b29-27-. The Morgan fingerprint density at radius 2 is 1.80 bits per heavy atom. The van der Waals surface area contributed by atoms with Gasteiger partial charge in [-0.25, -0.2) is 0 Å². The van der Waals surface area contributed by atoms with Crippen LogP contribution in [-0.2, 0) is 15.3 Å². The van der Waals surface area contributed by atoms with E-state index in [2.05, 4.69) is 24.0 Å². The number of aliphatic hydroxyl groups is 1.